The monoisotopic (exact) mass is 232 g/mol. The molecule has 90 valence electrons. The van der Waals surface area contributed by atoms with E-state index in [1.54, 1.807) is 0 Å². The van der Waals surface area contributed by atoms with E-state index in [1.807, 2.05) is 18.2 Å². The summed E-state index contributed by atoms with van der Waals surface area (Å²) in [5.41, 5.74) is 3.19. The molecule has 1 aliphatic carbocycles. The van der Waals surface area contributed by atoms with Crippen molar-refractivity contribution in [1.82, 2.24) is 0 Å². The highest BCUT2D eigenvalue weighted by atomic mass is 16.6. The Bertz CT molecular complexity index is 490. The van der Waals surface area contributed by atoms with Crippen LogP contribution >= 0.6 is 0 Å². The summed E-state index contributed by atoms with van der Waals surface area (Å²) < 4.78 is 10.4. The lowest BCUT2D eigenvalue weighted by Crippen LogP contribution is -2.25. The summed E-state index contributed by atoms with van der Waals surface area (Å²) in [4.78, 5) is 11.5. The summed E-state index contributed by atoms with van der Waals surface area (Å²) in [6.07, 6.45) is 1.59. The first-order valence-corrected chi connectivity index (χ1v) is 5.91. The first-order valence-electron chi connectivity index (χ1n) is 5.91. The van der Waals surface area contributed by atoms with Gasteiger partial charge in [-0.15, -0.1) is 0 Å². The van der Waals surface area contributed by atoms with Crippen molar-refractivity contribution in [3.05, 3.63) is 34.9 Å². The predicted molar refractivity (Wildman–Crippen MR) is 63.0 cm³/mol. The molecule has 0 spiro atoms. The van der Waals surface area contributed by atoms with Crippen molar-refractivity contribution >= 4 is 5.97 Å². The van der Waals surface area contributed by atoms with Gasteiger partial charge in [0.2, 0.25) is 0 Å². The van der Waals surface area contributed by atoms with Gasteiger partial charge in [0.25, 0.3) is 0 Å². The number of hydrogen-bond donors (Lipinski definition) is 0. The average molecular weight is 232 g/mol. The molecule has 1 heterocycles. The molecule has 1 saturated heterocycles. The van der Waals surface area contributed by atoms with E-state index >= 15 is 0 Å². The van der Waals surface area contributed by atoms with Crippen LogP contribution in [-0.4, -0.2) is 19.2 Å². The fourth-order valence-corrected chi connectivity index (χ4v) is 2.84. The van der Waals surface area contributed by atoms with Crippen molar-refractivity contribution in [2.75, 3.05) is 7.11 Å². The second kappa shape index (κ2) is 3.33. The van der Waals surface area contributed by atoms with Gasteiger partial charge >= 0.3 is 5.97 Å². The smallest absolute Gasteiger partial charge is 0.337 e. The zero-order chi connectivity index (χ0) is 12.2. The van der Waals surface area contributed by atoms with Crippen molar-refractivity contribution in [2.24, 2.45) is 0 Å². The molecule has 3 heteroatoms. The summed E-state index contributed by atoms with van der Waals surface area (Å²) in [7, 11) is 1.40. The molecular formula is C14H16O3. The zero-order valence-electron chi connectivity index (χ0n) is 10.3. The van der Waals surface area contributed by atoms with Crippen LogP contribution < -0.4 is 0 Å². The maximum absolute atomic E-state index is 11.5. The third-order valence-corrected chi connectivity index (χ3v) is 3.80. The van der Waals surface area contributed by atoms with Gasteiger partial charge in [-0.1, -0.05) is 19.9 Å². The van der Waals surface area contributed by atoms with E-state index in [2.05, 4.69) is 13.8 Å². The normalized spacial score (nSPS) is 27.9. The van der Waals surface area contributed by atoms with E-state index < -0.39 is 0 Å². The van der Waals surface area contributed by atoms with Gasteiger partial charge in [-0.25, -0.2) is 4.79 Å². The molecule has 17 heavy (non-hydrogen) atoms. The van der Waals surface area contributed by atoms with Crippen LogP contribution in [0.3, 0.4) is 0 Å². The minimum atomic E-state index is -0.284. The molecular weight excluding hydrogens is 216 g/mol. The van der Waals surface area contributed by atoms with Gasteiger partial charge in [0.05, 0.1) is 18.8 Å². The first kappa shape index (κ1) is 10.8. The highest BCUT2D eigenvalue weighted by Gasteiger charge is 2.50. The number of carbonyl (C=O) groups excluding carboxylic acids is 1. The summed E-state index contributed by atoms with van der Waals surface area (Å²) in [6, 6.07) is 5.81. The molecule has 2 atom stereocenters. The Morgan fingerprint density at radius 1 is 1.47 bits per heavy atom. The van der Waals surface area contributed by atoms with Crippen LogP contribution in [0.15, 0.2) is 18.2 Å². The van der Waals surface area contributed by atoms with Crippen LogP contribution in [0.4, 0.5) is 0 Å². The van der Waals surface area contributed by atoms with E-state index in [4.69, 9.17) is 9.47 Å². The largest absolute Gasteiger partial charge is 0.465 e. The van der Waals surface area contributed by atoms with Crippen LogP contribution in [0.25, 0.3) is 0 Å². The molecule has 1 aromatic carbocycles. The van der Waals surface area contributed by atoms with E-state index in [0.29, 0.717) is 11.7 Å². The highest BCUT2D eigenvalue weighted by Crippen LogP contribution is 2.53. The van der Waals surface area contributed by atoms with Gasteiger partial charge in [-0.2, -0.15) is 0 Å². The van der Waals surface area contributed by atoms with Crippen LogP contribution in [0.5, 0.6) is 0 Å². The lowest BCUT2D eigenvalue weighted by molar-refractivity contribution is 0.0600. The molecule has 1 aromatic rings. The number of epoxide rings is 1. The Kier molecular flexibility index (Phi) is 2.11. The molecule has 3 nitrogen and oxygen atoms in total. The van der Waals surface area contributed by atoms with Gasteiger partial charge in [-0.05, 0) is 35.1 Å². The Hall–Kier alpha value is -1.35. The number of benzene rings is 1. The minimum Gasteiger partial charge on any atom is -0.465 e. The number of hydrogen-bond acceptors (Lipinski definition) is 3. The number of carbonyl (C=O) groups is 1. The highest BCUT2D eigenvalue weighted by molar-refractivity contribution is 5.89. The van der Waals surface area contributed by atoms with Crippen LogP contribution in [0.2, 0.25) is 0 Å². The number of esters is 1. The van der Waals surface area contributed by atoms with Crippen molar-refractivity contribution in [2.45, 2.75) is 37.9 Å². The average Bonchev–Trinajstić information content (AvgIpc) is 3.05. The summed E-state index contributed by atoms with van der Waals surface area (Å²) in [5.74, 6) is -0.284. The molecule has 0 radical (unpaired) electrons. The second-order valence-corrected chi connectivity index (χ2v) is 5.48. The third kappa shape index (κ3) is 1.57. The second-order valence-electron chi connectivity index (χ2n) is 5.48. The molecule has 2 aliphatic rings. The molecule has 0 amide bonds. The summed E-state index contributed by atoms with van der Waals surface area (Å²) in [5, 5.41) is 0. The molecule has 0 bridgehead atoms. The lowest BCUT2D eigenvalue weighted by atomic mass is 9.72. The van der Waals surface area contributed by atoms with Crippen LogP contribution in [-0.2, 0) is 14.9 Å². The summed E-state index contributed by atoms with van der Waals surface area (Å²) >= 11 is 0. The minimum absolute atomic E-state index is 0.127. The molecule has 1 fully saturated rings. The topological polar surface area (TPSA) is 38.8 Å². The van der Waals surface area contributed by atoms with Gasteiger partial charge in [0, 0.05) is 0 Å². The Labute approximate surface area is 101 Å². The molecule has 1 aliphatic heterocycles. The number of fused-ring (bicyclic) bond motifs is 3. The number of methoxy groups -OCH3 is 1. The standard InChI is InChI=1S/C14H16O3/c1-14(2)7-11-12(17-11)9-6-8(13(15)16-3)4-5-10(9)14/h4-6,11-12H,7H2,1-3H3. The molecule has 0 saturated carbocycles. The van der Waals surface area contributed by atoms with E-state index in [-0.39, 0.29) is 17.5 Å². The Morgan fingerprint density at radius 2 is 2.24 bits per heavy atom. The third-order valence-electron chi connectivity index (χ3n) is 3.80. The SMILES string of the molecule is COC(=O)c1ccc2c(c1)C1OC1CC2(C)C. The fraction of sp³-hybridized carbons (Fsp3) is 0.500. The van der Waals surface area contributed by atoms with Crippen LogP contribution in [0.1, 0.15) is 47.9 Å². The maximum Gasteiger partial charge on any atom is 0.337 e. The quantitative estimate of drug-likeness (QED) is 0.552. The Balaban J connectivity index is 2.08. The van der Waals surface area contributed by atoms with Crippen molar-refractivity contribution in [3.8, 4) is 0 Å². The van der Waals surface area contributed by atoms with Gasteiger partial charge in [-0.3, -0.25) is 0 Å². The predicted octanol–water partition coefficient (Wildman–Crippen LogP) is 2.59. The van der Waals surface area contributed by atoms with Gasteiger partial charge < -0.3 is 9.47 Å². The molecule has 2 unspecified atom stereocenters. The first-order chi connectivity index (χ1) is 8.03. The van der Waals surface area contributed by atoms with Crippen molar-refractivity contribution in [3.63, 3.8) is 0 Å². The maximum atomic E-state index is 11.5. The number of ether oxygens (including phenoxy) is 2. The molecule has 0 N–H and O–H groups in total. The lowest BCUT2D eigenvalue weighted by Gasteiger charge is -2.30. The number of rotatable bonds is 1. The van der Waals surface area contributed by atoms with E-state index in [0.717, 1.165) is 12.0 Å². The summed E-state index contributed by atoms with van der Waals surface area (Å²) in [6.45, 7) is 4.45. The van der Waals surface area contributed by atoms with E-state index in [1.165, 1.54) is 12.7 Å². The molecule has 3 rings (SSSR count). The van der Waals surface area contributed by atoms with Crippen LogP contribution in [0, 0.1) is 0 Å². The Morgan fingerprint density at radius 3 is 2.94 bits per heavy atom. The van der Waals surface area contributed by atoms with Crippen molar-refractivity contribution in [1.29, 1.82) is 0 Å². The van der Waals surface area contributed by atoms with Gasteiger partial charge in [0.15, 0.2) is 0 Å². The van der Waals surface area contributed by atoms with Crippen molar-refractivity contribution < 1.29 is 14.3 Å². The zero-order valence-corrected chi connectivity index (χ0v) is 10.3. The van der Waals surface area contributed by atoms with Gasteiger partial charge in [0.1, 0.15) is 6.10 Å². The fourth-order valence-electron chi connectivity index (χ4n) is 2.84. The molecule has 0 aromatic heterocycles. The van der Waals surface area contributed by atoms with E-state index in [9.17, 15) is 4.79 Å².